The van der Waals surface area contributed by atoms with Crippen molar-refractivity contribution in [2.24, 2.45) is 11.5 Å². The number of carboxylic acid groups (broad SMARTS) is 7. The first-order valence-electron chi connectivity index (χ1n) is 24.9. The summed E-state index contributed by atoms with van der Waals surface area (Å²) < 4.78 is 0. The first-order valence-corrected chi connectivity index (χ1v) is 24.9. The standard InChI is InChI=1S/2C6H11NO3.3C6H10O4.2C6H8O4.2C5H8O2/c2*1-4(8)5(7)2-3-6(9)10;5*1-4(7)5(8)2-3-6(9)10;2*1-3-5(7)4(2)6/h2*5H,2-3,7H2,1H3,(H,9,10);3*5,8H,2-3H2,1H3,(H,9,10);2*2-3H2,1H3,(H,9,10);2*3H2,1-2H3/t5-;;2*5-;;;;;/m0.10...../s1. The Morgan fingerprint density at radius 2 is 0.429 bits per heavy atom. The summed E-state index contributed by atoms with van der Waals surface area (Å²) in [6, 6.07) is -1.23. The van der Waals surface area contributed by atoms with Crippen molar-refractivity contribution >= 4 is 117 Å². The van der Waals surface area contributed by atoms with Crippen molar-refractivity contribution in [1.29, 1.82) is 0 Å². The van der Waals surface area contributed by atoms with Gasteiger partial charge in [-0.25, -0.2) is 0 Å². The Morgan fingerprint density at radius 1 is 0.262 bits per heavy atom. The maximum Gasteiger partial charge on any atom is 0.303 e. The molecule has 0 aliphatic rings. The second kappa shape index (κ2) is 59.4. The maximum atomic E-state index is 10.4. The maximum absolute atomic E-state index is 10.4. The molecule has 0 aliphatic carbocycles. The van der Waals surface area contributed by atoms with Crippen molar-refractivity contribution < 1.29 is 147 Å². The number of aliphatic carboxylic acids is 7. The van der Waals surface area contributed by atoms with E-state index in [2.05, 4.69) is 0 Å². The normalized spacial score (nSPS) is 11.0. The number of aliphatic hydroxyl groups is 3. The smallest absolute Gasteiger partial charge is 0.303 e. The molecule has 0 aliphatic heterocycles. The van der Waals surface area contributed by atoms with Gasteiger partial charge >= 0.3 is 41.8 Å². The van der Waals surface area contributed by atoms with Gasteiger partial charge in [0.25, 0.3) is 0 Å². The fourth-order valence-electron chi connectivity index (χ4n) is 3.65. The molecule has 0 radical (unpaired) electrons. The number of hydrogen-bond acceptors (Lipinski definition) is 25. The predicted octanol–water partition coefficient (Wildman–Crippen LogP) is 0.0659. The fourth-order valence-corrected chi connectivity index (χ4v) is 3.65. The molecule has 0 bridgehead atoms. The lowest BCUT2D eigenvalue weighted by atomic mass is 10.1. The van der Waals surface area contributed by atoms with Gasteiger partial charge in [0.1, 0.15) is 29.9 Å². The lowest BCUT2D eigenvalue weighted by Gasteiger charge is -2.03. The van der Waals surface area contributed by atoms with Crippen LogP contribution in [0.15, 0.2) is 0 Å². The van der Waals surface area contributed by atoms with Gasteiger partial charge in [0.05, 0.1) is 24.9 Å². The molecule has 482 valence electrons. The van der Waals surface area contributed by atoms with E-state index in [1.54, 1.807) is 13.8 Å². The van der Waals surface area contributed by atoms with Gasteiger partial charge in [0.15, 0.2) is 63.6 Å². The summed E-state index contributed by atoms with van der Waals surface area (Å²) >= 11 is 0. The minimum absolute atomic E-state index is 0.00463. The molecule has 0 heterocycles. The third-order valence-electron chi connectivity index (χ3n) is 9.03. The Bertz CT molecular complexity index is 1930. The Morgan fingerprint density at radius 3 is 0.536 bits per heavy atom. The molecule has 2 unspecified atom stereocenters. The van der Waals surface area contributed by atoms with Crippen LogP contribution in [0.1, 0.15) is 179 Å². The van der Waals surface area contributed by atoms with Gasteiger partial charge in [0, 0.05) is 85.5 Å². The van der Waals surface area contributed by atoms with Crippen molar-refractivity contribution in [2.75, 3.05) is 0 Å². The summed E-state index contributed by atoms with van der Waals surface area (Å²) in [5.74, 6) is -12.1. The van der Waals surface area contributed by atoms with Gasteiger partial charge in [-0.15, -0.1) is 0 Å². The first kappa shape index (κ1) is 95.0. The molecular weight excluding hydrogens is 1130 g/mol. The van der Waals surface area contributed by atoms with E-state index in [1.807, 2.05) is 0 Å². The molecule has 0 fully saturated rings. The lowest BCUT2D eigenvalue weighted by Crippen LogP contribution is -2.28. The van der Waals surface area contributed by atoms with Crippen LogP contribution in [0.25, 0.3) is 0 Å². The van der Waals surface area contributed by atoms with E-state index in [0.29, 0.717) is 12.8 Å². The van der Waals surface area contributed by atoms with Crippen molar-refractivity contribution in [3.05, 3.63) is 0 Å². The van der Waals surface area contributed by atoms with Crippen molar-refractivity contribution in [2.45, 2.75) is 209 Å². The molecule has 0 aromatic rings. The molecule has 0 aromatic heterocycles. The first-order chi connectivity index (χ1) is 38.1. The number of carbonyl (C=O) groups excluding carboxylic acids is 13. The third-order valence-corrected chi connectivity index (χ3v) is 9.03. The molecule has 32 heteroatoms. The molecule has 84 heavy (non-hydrogen) atoms. The highest BCUT2D eigenvalue weighted by Gasteiger charge is 2.15. The van der Waals surface area contributed by atoms with Crippen LogP contribution in [-0.4, -0.2) is 198 Å². The van der Waals surface area contributed by atoms with E-state index in [0.717, 1.165) is 13.8 Å². The molecule has 0 saturated carbocycles. The Balaban J connectivity index is -0.000000108. The monoisotopic (exact) mass is 1220 g/mol. The molecule has 0 saturated heterocycles. The summed E-state index contributed by atoms with van der Waals surface area (Å²) in [5.41, 5.74) is 10.5. The van der Waals surface area contributed by atoms with Crippen molar-refractivity contribution in [3.63, 3.8) is 0 Å². The van der Waals surface area contributed by atoms with Crippen LogP contribution in [0, 0.1) is 0 Å². The SMILES string of the molecule is CC(=O)C(=O)CCC(=O)O.CC(=O)C(=O)CCC(=O)O.CC(=O)C(N)CCC(=O)O.CC(=O)C(O)CCC(=O)O.CC(=O)[C@@H](N)CCC(=O)O.CC(=O)[C@@H](O)CCC(=O)O.CC(=O)[C@H](O)CCC(=O)O.CCC(=O)C(C)=O.CCC(=O)C(C)=O. The molecule has 0 amide bonds. The van der Waals surface area contributed by atoms with E-state index in [-0.39, 0.29) is 142 Å². The fraction of sp³-hybridized carbons (Fsp3) is 0.615. The largest absolute Gasteiger partial charge is 0.481 e. The Kier molecular flexibility index (Phi) is 67.2. The molecule has 5 atom stereocenters. The molecule has 0 spiro atoms. The van der Waals surface area contributed by atoms with E-state index < -0.39 is 95.3 Å². The molecule has 0 aromatic carbocycles. The number of rotatable bonds is 32. The van der Waals surface area contributed by atoms with Crippen LogP contribution in [0.4, 0.5) is 0 Å². The van der Waals surface area contributed by atoms with Gasteiger partial charge in [-0.2, -0.15) is 0 Å². The topological polar surface area (TPSA) is 596 Å². The predicted molar refractivity (Wildman–Crippen MR) is 289 cm³/mol. The third kappa shape index (κ3) is 87.7. The van der Waals surface area contributed by atoms with Crippen molar-refractivity contribution in [1.82, 2.24) is 0 Å². The summed E-state index contributed by atoms with van der Waals surface area (Å²) in [5, 5.41) is 83.2. The van der Waals surface area contributed by atoms with Gasteiger partial charge in [-0.3, -0.25) is 95.9 Å². The number of Topliss-reactive ketones (excluding diaryl/α,β-unsaturated/α-hetero) is 13. The van der Waals surface area contributed by atoms with Crippen LogP contribution in [0.2, 0.25) is 0 Å². The van der Waals surface area contributed by atoms with Crippen LogP contribution in [-0.2, 0) is 95.9 Å². The van der Waals surface area contributed by atoms with Gasteiger partial charge < -0.3 is 62.5 Å². The van der Waals surface area contributed by atoms with E-state index >= 15 is 0 Å². The minimum atomic E-state index is -1.11. The highest BCUT2D eigenvalue weighted by molar-refractivity contribution is 6.37. The lowest BCUT2D eigenvalue weighted by molar-refractivity contribution is -0.140. The average molecular weight is 1220 g/mol. The van der Waals surface area contributed by atoms with Gasteiger partial charge in [-0.1, -0.05) is 13.8 Å². The highest BCUT2D eigenvalue weighted by atomic mass is 16.4. The van der Waals surface area contributed by atoms with Crippen LogP contribution >= 0.6 is 0 Å². The summed E-state index contributed by atoms with van der Waals surface area (Å²) in [7, 11) is 0. The number of hydrogen-bond donors (Lipinski definition) is 12. The Labute approximate surface area is 483 Å². The molecule has 32 nitrogen and oxygen atoms in total. The summed E-state index contributed by atoms with van der Waals surface area (Å²) in [4.78, 5) is 203. The second-order valence-electron chi connectivity index (χ2n) is 16.9. The second-order valence-corrected chi connectivity index (χ2v) is 16.9. The molecular formula is C52H84N2O30. The highest BCUT2D eigenvalue weighted by Crippen LogP contribution is 2.00. The zero-order valence-corrected chi connectivity index (χ0v) is 49.0. The van der Waals surface area contributed by atoms with Gasteiger partial charge in [0.2, 0.25) is 0 Å². The van der Waals surface area contributed by atoms with Crippen LogP contribution < -0.4 is 11.5 Å². The number of carbonyl (C=O) groups is 20. The minimum Gasteiger partial charge on any atom is -0.481 e. The van der Waals surface area contributed by atoms with Gasteiger partial charge in [-0.05, 0) is 66.7 Å². The zero-order valence-electron chi connectivity index (χ0n) is 49.0. The average Bonchev–Trinajstić information content (AvgIpc) is 3.38. The summed E-state index contributed by atoms with van der Waals surface area (Å²) in [6.07, 6.45) is -3.71. The van der Waals surface area contributed by atoms with Crippen LogP contribution in [0.5, 0.6) is 0 Å². The molecule has 14 N–H and O–H groups in total. The zero-order chi connectivity index (χ0) is 68.7. The number of aliphatic hydroxyl groups excluding tert-OH is 3. The van der Waals surface area contributed by atoms with Crippen molar-refractivity contribution in [3.8, 4) is 0 Å². The van der Waals surface area contributed by atoms with Crippen LogP contribution in [0.3, 0.4) is 0 Å². The quantitative estimate of drug-likeness (QED) is 0.0396. The summed E-state index contributed by atoms with van der Waals surface area (Å²) in [6.45, 7) is 14.6. The number of carboxylic acids is 7. The van der Waals surface area contributed by atoms with E-state index in [9.17, 15) is 95.9 Å². The number of nitrogens with two attached hydrogens (primary N) is 2. The molecule has 0 rings (SSSR count). The number of ketones is 13. The Hall–Kier alpha value is -8.20. The van der Waals surface area contributed by atoms with E-state index in [4.69, 9.17) is 62.5 Å². The van der Waals surface area contributed by atoms with E-state index in [1.165, 1.54) is 48.5 Å².